The molecule has 2 rings (SSSR count). The molecule has 5 heteroatoms. The third kappa shape index (κ3) is 3.06. The van der Waals surface area contributed by atoms with Gasteiger partial charge in [-0.2, -0.15) is 0 Å². The van der Waals surface area contributed by atoms with Crippen LogP contribution in [-0.2, 0) is 16.0 Å². The van der Waals surface area contributed by atoms with Gasteiger partial charge in [-0.1, -0.05) is 6.07 Å². The summed E-state index contributed by atoms with van der Waals surface area (Å²) in [6.45, 7) is 1.11. The Morgan fingerprint density at radius 3 is 3.06 bits per heavy atom. The molecule has 2 heterocycles. The van der Waals surface area contributed by atoms with Crippen molar-refractivity contribution in [3.63, 3.8) is 0 Å². The van der Waals surface area contributed by atoms with E-state index >= 15 is 0 Å². The van der Waals surface area contributed by atoms with Crippen LogP contribution in [0.1, 0.15) is 12.0 Å². The van der Waals surface area contributed by atoms with Gasteiger partial charge in [0.05, 0.1) is 5.92 Å². The van der Waals surface area contributed by atoms with Gasteiger partial charge in [0.25, 0.3) is 0 Å². The maximum Gasteiger partial charge on any atom is 0.225 e. The number of nitrogens with zero attached hydrogens (tertiary/aromatic N) is 2. The van der Waals surface area contributed by atoms with Crippen LogP contribution in [0.4, 0.5) is 0 Å². The number of rotatable bonds is 4. The first-order chi connectivity index (χ1) is 8.66. The summed E-state index contributed by atoms with van der Waals surface area (Å²) in [5.41, 5.74) is 1.09. The van der Waals surface area contributed by atoms with Crippen molar-refractivity contribution < 1.29 is 9.59 Å². The maximum absolute atomic E-state index is 11.8. The Kier molecular flexibility index (Phi) is 3.92. The lowest BCUT2D eigenvalue weighted by atomic mass is 10.1. The van der Waals surface area contributed by atoms with Crippen molar-refractivity contribution in [1.29, 1.82) is 0 Å². The van der Waals surface area contributed by atoms with E-state index in [1.165, 1.54) is 0 Å². The van der Waals surface area contributed by atoms with E-state index in [1.807, 2.05) is 12.1 Å². The number of likely N-dealkylation sites (tertiary alicyclic amines) is 1. The summed E-state index contributed by atoms with van der Waals surface area (Å²) in [7, 11) is 1.73. The van der Waals surface area contributed by atoms with Gasteiger partial charge in [-0.25, -0.2) is 0 Å². The summed E-state index contributed by atoms with van der Waals surface area (Å²) < 4.78 is 0. The van der Waals surface area contributed by atoms with Crippen molar-refractivity contribution in [1.82, 2.24) is 15.2 Å². The van der Waals surface area contributed by atoms with Crippen molar-refractivity contribution in [3.05, 3.63) is 30.1 Å². The van der Waals surface area contributed by atoms with E-state index in [0.29, 0.717) is 19.5 Å². The number of carbonyl (C=O) groups excluding carboxylic acids is 2. The molecule has 1 aromatic heterocycles. The minimum absolute atomic E-state index is 0.0309. The molecule has 0 saturated carbocycles. The van der Waals surface area contributed by atoms with Crippen molar-refractivity contribution >= 4 is 11.8 Å². The van der Waals surface area contributed by atoms with Gasteiger partial charge in [0.2, 0.25) is 11.8 Å². The van der Waals surface area contributed by atoms with Gasteiger partial charge in [-0.3, -0.25) is 14.6 Å². The first kappa shape index (κ1) is 12.5. The van der Waals surface area contributed by atoms with Gasteiger partial charge in [-0.05, 0) is 18.1 Å². The number of carbonyl (C=O) groups is 2. The van der Waals surface area contributed by atoms with E-state index < -0.39 is 0 Å². The summed E-state index contributed by atoms with van der Waals surface area (Å²) in [5.74, 6) is -0.185. The number of aromatic nitrogens is 1. The van der Waals surface area contributed by atoms with Crippen LogP contribution in [0, 0.1) is 5.92 Å². The third-order valence-electron chi connectivity index (χ3n) is 3.15. The Hall–Kier alpha value is -1.91. The number of pyridine rings is 1. The van der Waals surface area contributed by atoms with Crippen LogP contribution in [-0.4, -0.2) is 41.8 Å². The monoisotopic (exact) mass is 247 g/mol. The highest BCUT2D eigenvalue weighted by molar-refractivity contribution is 5.89. The molecule has 1 atom stereocenters. The van der Waals surface area contributed by atoms with E-state index in [9.17, 15) is 9.59 Å². The quantitative estimate of drug-likeness (QED) is 0.828. The summed E-state index contributed by atoms with van der Waals surface area (Å²) in [6.07, 6.45) is 4.60. The van der Waals surface area contributed by atoms with Gasteiger partial charge in [0.1, 0.15) is 0 Å². The molecule has 0 aromatic carbocycles. The molecular weight excluding hydrogens is 230 g/mol. The van der Waals surface area contributed by atoms with Crippen LogP contribution < -0.4 is 5.32 Å². The molecule has 0 unspecified atom stereocenters. The molecule has 0 spiro atoms. The van der Waals surface area contributed by atoms with E-state index in [2.05, 4.69) is 10.3 Å². The van der Waals surface area contributed by atoms with Gasteiger partial charge in [0.15, 0.2) is 0 Å². The molecule has 5 nitrogen and oxygen atoms in total. The highest BCUT2D eigenvalue weighted by atomic mass is 16.2. The zero-order chi connectivity index (χ0) is 13.0. The predicted octanol–water partition coefficient (Wildman–Crippen LogP) is 0.219. The fourth-order valence-corrected chi connectivity index (χ4v) is 2.06. The van der Waals surface area contributed by atoms with Crippen molar-refractivity contribution in [2.45, 2.75) is 12.8 Å². The topological polar surface area (TPSA) is 62.3 Å². The summed E-state index contributed by atoms with van der Waals surface area (Å²) in [6, 6.07) is 3.85. The molecule has 0 radical (unpaired) electrons. The second-order valence-corrected chi connectivity index (χ2v) is 4.58. The third-order valence-corrected chi connectivity index (χ3v) is 3.15. The minimum atomic E-state index is -0.198. The molecule has 1 N–H and O–H groups in total. The van der Waals surface area contributed by atoms with E-state index in [1.54, 1.807) is 24.3 Å². The van der Waals surface area contributed by atoms with Crippen LogP contribution >= 0.6 is 0 Å². The lowest BCUT2D eigenvalue weighted by Crippen LogP contribution is -2.33. The Morgan fingerprint density at radius 2 is 2.44 bits per heavy atom. The van der Waals surface area contributed by atoms with Gasteiger partial charge in [-0.15, -0.1) is 0 Å². The molecule has 1 aliphatic rings. The van der Waals surface area contributed by atoms with Crippen molar-refractivity contribution in [2.75, 3.05) is 20.1 Å². The first-order valence-corrected chi connectivity index (χ1v) is 6.07. The largest absolute Gasteiger partial charge is 0.355 e. The van der Waals surface area contributed by atoms with Crippen LogP contribution in [0.2, 0.25) is 0 Å². The van der Waals surface area contributed by atoms with Crippen LogP contribution in [0.5, 0.6) is 0 Å². The second-order valence-electron chi connectivity index (χ2n) is 4.58. The maximum atomic E-state index is 11.8. The van der Waals surface area contributed by atoms with Gasteiger partial charge >= 0.3 is 0 Å². The number of amides is 2. The summed E-state index contributed by atoms with van der Waals surface area (Å²) in [5, 5.41) is 2.87. The van der Waals surface area contributed by atoms with E-state index in [4.69, 9.17) is 0 Å². The number of hydrogen-bond acceptors (Lipinski definition) is 3. The Labute approximate surface area is 106 Å². The van der Waals surface area contributed by atoms with E-state index in [-0.39, 0.29) is 17.7 Å². The molecule has 0 aliphatic carbocycles. The molecule has 2 amide bonds. The molecule has 18 heavy (non-hydrogen) atoms. The zero-order valence-electron chi connectivity index (χ0n) is 10.4. The highest BCUT2D eigenvalue weighted by Crippen LogP contribution is 2.15. The van der Waals surface area contributed by atoms with E-state index in [0.717, 1.165) is 12.0 Å². The highest BCUT2D eigenvalue weighted by Gasteiger charge is 2.31. The molecular formula is C13H17N3O2. The normalized spacial score (nSPS) is 19.1. The van der Waals surface area contributed by atoms with Gasteiger partial charge in [0, 0.05) is 39.0 Å². The molecule has 1 aliphatic heterocycles. The molecule has 0 bridgehead atoms. The molecule has 1 saturated heterocycles. The number of hydrogen-bond donors (Lipinski definition) is 1. The average Bonchev–Trinajstić information content (AvgIpc) is 2.71. The molecule has 1 aromatic rings. The average molecular weight is 247 g/mol. The second kappa shape index (κ2) is 5.62. The fraction of sp³-hybridized carbons (Fsp3) is 0.462. The minimum Gasteiger partial charge on any atom is -0.355 e. The Morgan fingerprint density at radius 1 is 1.61 bits per heavy atom. The summed E-state index contributed by atoms with van der Waals surface area (Å²) in [4.78, 5) is 28.8. The first-order valence-electron chi connectivity index (χ1n) is 6.07. The lowest BCUT2D eigenvalue weighted by molar-refractivity contribution is -0.128. The standard InChI is InChI=1S/C13H17N3O2/c1-16-9-11(7-12(16)17)13(18)15-6-4-10-3-2-5-14-8-10/h2-3,5,8,11H,4,6-7,9H2,1H3,(H,15,18)/t11-/m1/s1. The Bertz CT molecular complexity index is 433. The Balaban J connectivity index is 1.74. The van der Waals surface area contributed by atoms with Crippen molar-refractivity contribution in [2.24, 2.45) is 5.92 Å². The van der Waals surface area contributed by atoms with Crippen LogP contribution in [0.25, 0.3) is 0 Å². The van der Waals surface area contributed by atoms with Gasteiger partial charge < -0.3 is 10.2 Å². The smallest absolute Gasteiger partial charge is 0.225 e. The lowest BCUT2D eigenvalue weighted by Gasteiger charge is -2.10. The number of nitrogens with one attached hydrogen (secondary N) is 1. The SMILES string of the molecule is CN1C[C@H](C(=O)NCCc2cccnc2)CC1=O. The zero-order valence-corrected chi connectivity index (χ0v) is 10.4. The van der Waals surface area contributed by atoms with Crippen molar-refractivity contribution in [3.8, 4) is 0 Å². The van der Waals surface area contributed by atoms with Crippen LogP contribution in [0.3, 0.4) is 0 Å². The summed E-state index contributed by atoms with van der Waals surface area (Å²) >= 11 is 0. The van der Waals surface area contributed by atoms with Crippen LogP contribution in [0.15, 0.2) is 24.5 Å². The molecule has 96 valence electrons. The predicted molar refractivity (Wildman–Crippen MR) is 66.7 cm³/mol. The molecule has 1 fully saturated rings. The fourth-order valence-electron chi connectivity index (χ4n) is 2.06.